The fourth-order valence-electron chi connectivity index (χ4n) is 3.36. The van der Waals surface area contributed by atoms with Crippen molar-refractivity contribution in [2.24, 2.45) is 0 Å². The number of rotatable bonds is 6. The molecule has 2 amide bonds. The van der Waals surface area contributed by atoms with Crippen molar-refractivity contribution in [3.05, 3.63) is 84.2 Å². The highest BCUT2D eigenvalue weighted by Crippen LogP contribution is 2.33. The molecule has 2 aromatic carbocycles. The molecule has 7 nitrogen and oxygen atoms in total. The van der Waals surface area contributed by atoms with E-state index in [1.165, 1.54) is 12.3 Å². The Hall–Kier alpha value is -3.52. The highest BCUT2D eigenvalue weighted by atomic mass is 32.2. The van der Waals surface area contributed by atoms with E-state index in [1.807, 2.05) is 54.6 Å². The van der Waals surface area contributed by atoms with Crippen molar-refractivity contribution in [2.75, 3.05) is 12.3 Å². The molecule has 164 valence electrons. The Morgan fingerprint density at radius 2 is 1.84 bits per heavy atom. The Morgan fingerprint density at radius 1 is 1.09 bits per heavy atom. The minimum atomic E-state index is -0.472. The van der Waals surface area contributed by atoms with Gasteiger partial charge in [-0.1, -0.05) is 30.3 Å². The van der Waals surface area contributed by atoms with Crippen molar-refractivity contribution in [3.63, 3.8) is 0 Å². The van der Waals surface area contributed by atoms with Gasteiger partial charge in [0.15, 0.2) is 5.69 Å². The Kier molecular flexibility index (Phi) is 6.91. The third kappa shape index (κ3) is 5.39. The molecule has 1 fully saturated rings. The van der Waals surface area contributed by atoms with Crippen molar-refractivity contribution in [3.8, 4) is 17.2 Å². The third-order valence-corrected chi connectivity index (χ3v) is 6.30. The van der Waals surface area contributed by atoms with Gasteiger partial charge in [-0.05, 0) is 54.1 Å². The summed E-state index contributed by atoms with van der Waals surface area (Å²) >= 11 is 1.57. The number of aromatic nitrogens is 1. The molecule has 1 aliphatic rings. The van der Waals surface area contributed by atoms with E-state index in [-0.39, 0.29) is 35.2 Å². The molecule has 3 N–H and O–H groups in total. The number of benzene rings is 2. The monoisotopic (exact) mass is 449 g/mol. The number of aromatic hydroxyl groups is 1. The average Bonchev–Trinajstić information content (AvgIpc) is 3.00. The summed E-state index contributed by atoms with van der Waals surface area (Å²) in [5.41, 5.74) is 0.869. The molecule has 2 atom stereocenters. The fraction of sp³-hybridized carbons (Fsp3) is 0.208. The second-order valence-electron chi connectivity index (χ2n) is 7.31. The van der Waals surface area contributed by atoms with E-state index in [1.54, 1.807) is 17.8 Å². The van der Waals surface area contributed by atoms with Gasteiger partial charge in [0.05, 0.1) is 0 Å². The van der Waals surface area contributed by atoms with Gasteiger partial charge in [0.2, 0.25) is 5.91 Å². The second-order valence-corrected chi connectivity index (χ2v) is 8.52. The summed E-state index contributed by atoms with van der Waals surface area (Å²) in [4.78, 5) is 29.0. The summed E-state index contributed by atoms with van der Waals surface area (Å²) in [7, 11) is 0. The van der Waals surface area contributed by atoms with Crippen molar-refractivity contribution < 1.29 is 19.4 Å². The Labute approximate surface area is 190 Å². The summed E-state index contributed by atoms with van der Waals surface area (Å²) < 4.78 is 5.82. The molecule has 0 bridgehead atoms. The molecule has 0 radical (unpaired) electrons. The van der Waals surface area contributed by atoms with Crippen LogP contribution in [-0.4, -0.2) is 40.2 Å². The van der Waals surface area contributed by atoms with Gasteiger partial charge in [0.25, 0.3) is 5.91 Å². The zero-order valence-electron chi connectivity index (χ0n) is 17.2. The van der Waals surface area contributed by atoms with Crippen molar-refractivity contribution in [2.45, 2.75) is 17.7 Å². The first kappa shape index (κ1) is 21.7. The maximum atomic E-state index is 12.8. The lowest BCUT2D eigenvalue weighted by Crippen LogP contribution is -2.44. The molecule has 2 heterocycles. The lowest BCUT2D eigenvalue weighted by atomic mass is 10.1. The molecule has 1 aromatic heterocycles. The van der Waals surface area contributed by atoms with Crippen LogP contribution in [0.25, 0.3) is 0 Å². The maximum absolute atomic E-state index is 12.8. The molecule has 0 aliphatic carbocycles. The number of para-hydroxylation sites is 1. The summed E-state index contributed by atoms with van der Waals surface area (Å²) in [5, 5.41) is 15.2. The van der Waals surface area contributed by atoms with E-state index in [0.717, 1.165) is 23.5 Å². The van der Waals surface area contributed by atoms with Crippen LogP contribution in [-0.2, 0) is 4.79 Å². The van der Waals surface area contributed by atoms with Gasteiger partial charge in [0.1, 0.15) is 22.5 Å². The van der Waals surface area contributed by atoms with Gasteiger partial charge >= 0.3 is 0 Å². The molecule has 1 aliphatic heterocycles. The SMILES string of the molecule is O=C(NC[C@@H]1CCS[C@H](c2ccc(Oc3ccccc3)cc2)C(=O)N1)c1ncccc1O. The van der Waals surface area contributed by atoms with Crippen LogP contribution < -0.4 is 15.4 Å². The fourth-order valence-corrected chi connectivity index (χ4v) is 4.59. The zero-order chi connectivity index (χ0) is 22.3. The van der Waals surface area contributed by atoms with Crippen molar-refractivity contribution in [1.82, 2.24) is 15.6 Å². The standard InChI is InChI=1S/C24H23N3O4S/c28-20-7-4-13-25-21(20)23(29)26-15-17-12-14-32-22(24(30)27-17)16-8-10-19(11-9-16)31-18-5-2-1-3-6-18/h1-11,13,17,22,28H,12,14-15H2,(H,26,29)(H,27,30)/t17-,22+/m0/s1. The number of ether oxygens (including phenoxy) is 1. The van der Waals surface area contributed by atoms with Crippen LogP contribution in [0.2, 0.25) is 0 Å². The first-order valence-electron chi connectivity index (χ1n) is 10.3. The number of amides is 2. The molecular formula is C24H23N3O4S. The molecule has 4 rings (SSSR count). The number of nitrogens with one attached hydrogen (secondary N) is 2. The van der Waals surface area contributed by atoms with Gasteiger partial charge in [-0.3, -0.25) is 9.59 Å². The lowest BCUT2D eigenvalue weighted by molar-refractivity contribution is -0.121. The second kappa shape index (κ2) is 10.2. The van der Waals surface area contributed by atoms with Crippen LogP contribution in [0.15, 0.2) is 72.9 Å². The molecule has 8 heteroatoms. The topological polar surface area (TPSA) is 101 Å². The van der Waals surface area contributed by atoms with Crippen LogP contribution in [0.3, 0.4) is 0 Å². The van der Waals surface area contributed by atoms with E-state index < -0.39 is 5.91 Å². The summed E-state index contributed by atoms with van der Waals surface area (Å²) in [6, 6.07) is 19.8. The van der Waals surface area contributed by atoms with Crippen LogP contribution >= 0.6 is 11.8 Å². The third-order valence-electron chi connectivity index (χ3n) is 5.01. The highest BCUT2D eigenvalue weighted by Gasteiger charge is 2.28. The maximum Gasteiger partial charge on any atom is 0.273 e. The van der Waals surface area contributed by atoms with E-state index in [0.29, 0.717) is 5.75 Å². The van der Waals surface area contributed by atoms with Crippen molar-refractivity contribution >= 4 is 23.6 Å². The van der Waals surface area contributed by atoms with E-state index >= 15 is 0 Å². The summed E-state index contributed by atoms with van der Waals surface area (Å²) in [6.07, 6.45) is 2.16. The molecule has 0 unspecified atom stereocenters. The van der Waals surface area contributed by atoms with E-state index in [9.17, 15) is 14.7 Å². The Morgan fingerprint density at radius 3 is 2.59 bits per heavy atom. The summed E-state index contributed by atoms with van der Waals surface area (Å²) in [5.74, 6) is 1.48. The van der Waals surface area contributed by atoms with Crippen molar-refractivity contribution in [1.29, 1.82) is 0 Å². The predicted octanol–water partition coefficient (Wildman–Crippen LogP) is 3.67. The summed E-state index contributed by atoms with van der Waals surface area (Å²) in [6.45, 7) is 0.262. The van der Waals surface area contributed by atoms with Gasteiger partial charge in [0, 0.05) is 18.8 Å². The van der Waals surface area contributed by atoms with Crippen LogP contribution in [0.5, 0.6) is 17.2 Å². The van der Waals surface area contributed by atoms with Crippen LogP contribution in [0.1, 0.15) is 27.7 Å². The number of thioether (sulfide) groups is 1. The molecule has 32 heavy (non-hydrogen) atoms. The first-order valence-corrected chi connectivity index (χ1v) is 11.3. The number of carbonyl (C=O) groups is 2. The number of nitrogens with zero attached hydrogens (tertiary/aromatic N) is 1. The minimum Gasteiger partial charge on any atom is -0.505 e. The van der Waals surface area contributed by atoms with Crippen LogP contribution in [0.4, 0.5) is 0 Å². The Bertz CT molecular complexity index is 1080. The zero-order valence-corrected chi connectivity index (χ0v) is 18.0. The van der Waals surface area contributed by atoms with Crippen LogP contribution in [0, 0.1) is 0 Å². The first-order chi connectivity index (χ1) is 15.6. The van der Waals surface area contributed by atoms with Gasteiger partial charge in [-0.25, -0.2) is 4.98 Å². The molecule has 1 saturated heterocycles. The Balaban J connectivity index is 1.34. The van der Waals surface area contributed by atoms with E-state index in [4.69, 9.17) is 4.74 Å². The number of pyridine rings is 1. The number of carbonyl (C=O) groups excluding carboxylic acids is 2. The average molecular weight is 450 g/mol. The molecule has 0 saturated carbocycles. The molecule has 3 aromatic rings. The van der Waals surface area contributed by atoms with Gasteiger partial charge in [-0.2, -0.15) is 0 Å². The minimum absolute atomic E-state index is 0.0301. The number of hydrogen-bond acceptors (Lipinski definition) is 6. The highest BCUT2D eigenvalue weighted by molar-refractivity contribution is 8.00. The largest absolute Gasteiger partial charge is 0.505 e. The van der Waals surface area contributed by atoms with Gasteiger partial charge in [-0.15, -0.1) is 11.8 Å². The molecular weight excluding hydrogens is 426 g/mol. The molecule has 0 spiro atoms. The number of hydrogen-bond donors (Lipinski definition) is 3. The normalized spacial score (nSPS) is 18.3. The predicted molar refractivity (Wildman–Crippen MR) is 123 cm³/mol. The van der Waals surface area contributed by atoms with Gasteiger partial charge < -0.3 is 20.5 Å². The lowest BCUT2D eigenvalue weighted by Gasteiger charge is -2.18. The smallest absolute Gasteiger partial charge is 0.273 e. The van der Waals surface area contributed by atoms with E-state index in [2.05, 4.69) is 15.6 Å². The quantitative estimate of drug-likeness (QED) is 0.531.